The van der Waals surface area contributed by atoms with Crippen molar-refractivity contribution in [3.8, 4) is 22.9 Å². The van der Waals surface area contributed by atoms with Crippen LogP contribution in [0.2, 0.25) is 0 Å². The molecule has 44 heavy (non-hydrogen) atoms. The molecule has 226 valence electrons. The third kappa shape index (κ3) is 5.41. The molecule has 4 aromatic rings. The summed E-state index contributed by atoms with van der Waals surface area (Å²) in [6.45, 7) is 4.77. The van der Waals surface area contributed by atoms with Crippen LogP contribution in [-0.4, -0.2) is 53.1 Å². The van der Waals surface area contributed by atoms with E-state index in [0.717, 1.165) is 28.9 Å². The van der Waals surface area contributed by atoms with E-state index in [1.165, 1.54) is 6.07 Å². The second-order valence-electron chi connectivity index (χ2n) is 11.5. The first-order chi connectivity index (χ1) is 21.1. The number of nitrogens with one attached hydrogen (secondary N) is 1. The van der Waals surface area contributed by atoms with E-state index in [0.29, 0.717) is 35.0 Å². The molecule has 3 heterocycles. The van der Waals surface area contributed by atoms with Crippen molar-refractivity contribution in [2.24, 2.45) is 0 Å². The molecule has 0 aliphatic carbocycles. The molecular formula is C33H31F2N5O4. The van der Waals surface area contributed by atoms with Gasteiger partial charge in [-0.25, -0.2) is 23.5 Å². The highest BCUT2D eigenvalue weighted by atomic mass is 19.1. The second-order valence-corrected chi connectivity index (χ2v) is 11.5. The monoisotopic (exact) mass is 599 g/mol. The van der Waals surface area contributed by atoms with Crippen molar-refractivity contribution in [1.29, 1.82) is 0 Å². The number of nitrogens with zero attached hydrogens (tertiary/aromatic N) is 4. The summed E-state index contributed by atoms with van der Waals surface area (Å²) in [4.78, 5) is 38.6. The van der Waals surface area contributed by atoms with Crippen molar-refractivity contribution in [3.05, 3.63) is 100 Å². The van der Waals surface area contributed by atoms with E-state index >= 15 is 0 Å². The van der Waals surface area contributed by atoms with Crippen molar-refractivity contribution in [2.45, 2.75) is 38.9 Å². The van der Waals surface area contributed by atoms with Crippen molar-refractivity contribution in [1.82, 2.24) is 20.2 Å². The molecule has 0 spiro atoms. The summed E-state index contributed by atoms with van der Waals surface area (Å²) in [6, 6.07) is 16.1. The van der Waals surface area contributed by atoms with Gasteiger partial charge in [0.15, 0.2) is 5.82 Å². The molecule has 1 N–H and O–H groups in total. The van der Waals surface area contributed by atoms with Crippen LogP contribution in [0.3, 0.4) is 0 Å². The van der Waals surface area contributed by atoms with Gasteiger partial charge < -0.3 is 19.7 Å². The molecule has 0 unspecified atom stereocenters. The number of aromatic nitrogens is 2. The third-order valence-corrected chi connectivity index (χ3v) is 7.81. The highest BCUT2D eigenvalue weighted by Gasteiger charge is 2.36. The number of hydrogen-bond acceptors (Lipinski definition) is 6. The predicted octanol–water partition coefficient (Wildman–Crippen LogP) is 5.49. The lowest BCUT2D eigenvalue weighted by atomic mass is 10.0. The quantitative estimate of drug-likeness (QED) is 0.288. The minimum absolute atomic E-state index is 0.126. The van der Waals surface area contributed by atoms with Gasteiger partial charge in [-0.3, -0.25) is 9.69 Å². The van der Waals surface area contributed by atoms with Gasteiger partial charge in [0.25, 0.3) is 5.91 Å². The van der Waals surface area contributed by atoms with Gasteiger partial charge in [0.05, 0.1) is 61.9 Å². The van der Waals surface area contributed by atoms with Crippen LogP contribution < -0.4 is 19.7 Å². The standard InChI is InChI=1S/C33H31F2N5O4/c1-33(2)18-40(32(42)38-33)21-11-8-19(9-12-21)14-25-29-26(37-30(36-25)28-23(34)6-5-7-24(28)35)17-39(31(29)41)16-20-10-13-22(43-3)15-27(20)44-4/h5-13,15H,14,16-18H2,1-4H3,(H,38,42). The molecule has 6 rings (SSSR count). The Bertz CT molecular complexity index is 1760. The Balaban J connectivity index is 1.35. The summed E-state index contributed by atoms with van der Waals surface area (Å²) in [6.07, 6.45) is 0.206. The maximum Gasteiger partial charge on any atom is 0.322 e. The fourth-order valence-electron chi connectivity index (χ4n) is 5.66. The fourth-order valence-corrected chi connectivity index (χ4v) is 5.66. The van der Waals surface area contributed by atoms with Crippen LogP contribution in [0.15, 0.2) is 60.7 Å². The highest BCUT2D eigenvalue weighted by molar-refractivity contribution is 5.99. The zero-order valence-electron chi connectivity index (χ0n) is 24.8. The molecule has 1 fully saturated rings. The number of carbonyl (C=O) groups is 2. The Morgan fingerprint density at radius 1 is 0.932 bits per heavy atom. The van der Waals surface area contributed by atoms with E-state index < -0.39 is 11.6 Å². The summed E-state index contributed by atoms with van der Waals surface area (Å²) < 4.78 is 40.5. The summed E-state index contributed by atoms with van der Waals surface area (Å²) >= 11 is 0. The van der Waals surface area contributed by atoms with Crippen LogP contribution in [0.1, 0.15) is 46.7 Å². The maximum absolute atomic E-state index is 14.9. The van der Waals surface area contributed by atoms with Crippen LogP contribution in [-0.2, 0) is 19.5 Å². The molecule has 0 radical (unpaired) electrons. The molecule has 9 nitrogen and oxygen atoms in total. The SMILES string of the molecule is COc1ccc(CN2Cc3nc(-c4c(F)cccc4F)nc(Cc4ccc(N5CC(C)(C)NC5=O)cc4)c3C2=O)c(OC)c1. The highest BCUT2D eigenvalue weighted by Crippen LogP contribution is 2.33. The van der Waals surface area contributed by atoms with E-state index in [2.05, 4.69) is 15.3 Å². The maximum atomic E-state index is 14.9. The predicted molar refractivity (Wildman–Crippen MR) is 160 cm³/mol. The van der Waals surface area contributed by atoms with Crippen molar-refractivity contribution < 1.29 is 27.8 Å². The van der Waals surface area contributed by atoms with E-state index in [4.69, 9.17) is 9.47 Å². The van der Waals surface area contributed by atoms with Crippen LogP contribution >= 0.6 is 0 Å². The number of carbonyl (C=O) groups excluding carboxylic acids is 2. The Morgan fingerprint density at radius 3 is 2.30 bits per heavy atom. The number of hydrogen-bond donors (Lipinski definition) is 1. The number of halogens is 2. The number of fused-ring (bicyclic) bond motifs is 1. The molecule has 1 aromatic heterocycles. The Labute approximate surface area is 253 Å². The minimum Gasteiger partial charge on any atom is -0.497 e. The number of ether oxygens (including phenoxy) is 2. The summed E-state index contributed by atoms with van der Waals surface area (Å²) in [5.74, 6) is -0.831. The fraction of sp³-hybridized carbons (Fsp3) is 0.273. The van der Waals surface area contributed by atoms with Gasteiger partial charge in [0, 0.05) is 23.7 Å². The molecule has 2 aliphatic rings. The molecule has 11 heteroatoms. The number of rotatable bonds is 8. The van der Waals surface area contributed by atoms with Gasteiger partial charge in [0.1, 0.15) is 23.1 Å². The lowest BCUT2D eigenvalue weighted by Gasteiger charge is -2.18. The third-order valence-electron chi connectivity index (χ3n) is 7.81. The molecule has 0 bridgehead atoms. The van der Waals surface area contributed by atoms with E-state index in [9.17, 15) is 18.4 Å². The van der Waals surface area contributed by atoms with Gasteiger partial charge in [-0.05, 0) is 55.8 Å². The van der Waals surface area contributed by atoms with Crippen molar-refractivity contribution in [3.63, 3.8) is 0 Å². The number of methoxy groups -OCH3 is 2. The van der Waals surface area contributed by atoms with Crippen molar-refractivity contribution in [2.75, 3.05) is 25.7 Å². The van der Waals surface area contributed by atoms with E-state index in [1.54, 1.807) is 36.2 Å². The first-order valence-corrected chi connectivity index (χ1v) is 14.1. The molecule has 1 saturated heterocycles. The van der Waals surface area contributed by atoms with Gasteiger partial charge in [-0.1, -0.05) is 18.2 Å². The molecule has 0 saturated carbocycles. The van der Waals surface area contributed by atoms with Crippen molar-refractivity contribution >= 4 is 17.6 Å². The summed E-state index contributed by atoms with van der Waals surface area (Å²) in [5, 5.41) is 2.95. The summed E-state index contributed by atoms with van der Waals surface area (Å²) in [5.41, 5.74) is 2.64. The average molecular weight is 600 g/mol. The van der Waals surface area contributed by atoms with E-state index in [1.807, 2.05) is 44.2 Å². The van der Waals surface area contributed by atoms with Crippen LogP contribution in [0.5, 0.6) is 11.5 Å². The molecule has 0 atom stereocenters. The zero-order valence-corrected chi connectivity index (χ0v) is 24.8. The molecule has 3 amide bonds. The van der Waals surface area contributed by atoms with Gasteiger partial charge in [0.2, 0.25) is 0 Å². The molecule has 3 aromatic carbocycles. The first-order valence-electron chi connectivity index (χ1n) is 14.1. The minimum atomic E-state index is -0.795. The topological polar surface area (TPSA) is 96.9 Å². The Hall–Kier alpha value is -5.06. The normalized spacial score (nSPS) is 15.4. The number of benzene rings is 3. The molecule has 2 aliphatic heterocycles. The van der Waals surface area contributed by atoms with Crippen LogP contribution in [0, 0.1) is 11.6 Å². The number of amides is 3. The Morgan fingerprint density at radius 2 is 1.66 bits per heavy atom. The summed E-state index contributed by atoms with van der Waals surface area (Å²) in [7, 11) is 3.10. The average Bonchev–Trinajstić information content (AvgIpc) is 3.46. The lowest BCUT2D eigenvalue weighted by molar-refractivity contribution is 0.0764. The van der Waals surface area contributed by atoms with E-state index in [-0.39, 0.29) is 48.4 Å². The first kappa shape index (κ1) is 29.0. The van der Waals surface area contributed by atoms with Crippen LogP contribution in [0.25, 0.3) is 11.4 Å². The largest absolute Gasteiger partial charge is 0.497 e. The number of urea groups is 1. The zero-order chi connectivity index (χ0) is 31.2. The smallest absolute Gasteiger partial charge is 0.322 e. The second kappa shape index (κ2) is 11.2. The van der Waals surface area contributed by atoms with Gasteiger partial charge in [-0.15, -0.1) is 0 Å². The molecular weight excluding hydrogens is 568 g/mol. The van der Waals surface area contributed by atoms with Gasteiger partial charge >= 0.3 is 6.03 Å². The van der Waals surface area contributed by atoms with Gasteiger partial charge in [-0.2, -0.15) is 0 Å². The van der Waals surface area contributed by atoms with Crippen LogP contribution in [0.4, 0.5) is 19.3 Å². The Kier molecular flexibility index (Phi) is 7.40. The lowest BCUT2D eigenvalue weighted by Crippen LogP contribution is -2.36. The number of anilines is 1.